The highest BCUT2D eigenvalue weighted by Gasteiger charge is 2.10. The highest BCUT2D eigenvalue weighted by Crippen LogP contribution is 2.29. The maximum absolute atomic E-state index is 12.3. The molecule has 0 atom stereocenters. The average Bonchev–Trinajstić information content (AvgIpc) is 3.05. The molecule has 1 aromatic heterocycles. The SMILES string of the molecule is COc1ccc(NC(=O)CCc2ccc(-n3nc(C)cc3C)cc2)c(OC)c1. The minimum Gasteiger partial charge on any atom is -0.497 e. The molecular formula is C22H25N3O3. The number of rotatable bonds is 7. The van der Waals surface area contributed by atoms with Crippen LogP contribution in [0.15, 0.2) is 48.5 Å². The van der Waals surface area contributed by atoms with E-state index in [0.29, 0.717) is 30.0 Å². The zero-order valence-electron chi connectivity index (χ0n) is 16.7. The minimum absolute atomic E-state index is 0.0638. The molecule has 0 fully saturated rings. The van der Waals surface area contributed by atoms with E-state index in [-0.39, 0.29) is 5.91 Å². The van der Waals surface area contributed by atoms with Crippen LogP contribution in [-0.4, -0.2) is 29.9 Å². The number of anilines is 1. The number of ether oxygens (including phenoxy) is 2. The zero-order chi connectivity index (χ0) is 20.1. The molecule has 0 bridgehead atoms. The van der Waals surface area contributed by atoms with E-state index >= 15 is 0 Å². The number of carbonyl (C=O) groups excluding carboxylic acids is 1. The van der Waals surface area contributed by atoms with Crippen LogP contribution in [0, 0.1) is 13.8 Å². The summed E-state index contributed by atoms with van der Waals surface area (Å²) in [6.45, 7) is 4.01. The van der Waals surface area contributed by atoms with Gasteiger partial charge in [-0.2, -0.15) is 5.10 Å². The molecule has 0 radical (unpaired) electrons. The highest BCUT2D eigenvalue weighted by atomic mass is 16.5. The summed E-state index contributed by atoms with van der Waals surface area (Å²) in [5.41, 5.74) is 4.84. The fraction of sp³-hybridized carbons (Fsp3) is 0.273. The van der Waals surface area contributed by atoms with Gasteiger partial charge in [-0.1, -0.05) is 12.1 Å². The summed E-state index contributed by atoms with van der Waals surface area (Å²) < 4.78 is 12.4. The smallest absolute Gasteiger partial charge is 0.224 e. The summed E-state index contributed by atoms with van der Waals surface area (Å²) in [5.74, 6) is 1.19. The van der Waals surface area contributed by atoms with Gasteiger partial charge >= 0.3 is 0 Å². The summed E-state index contributed by atoms with van der Waals surface area (Å²) in [5, 5.41) is 7.39. The summed E-state index contributed by atoms with van der Waals surface area (Å²) in [6.07, 6.45) is 1.04. The Bertz CT molecular complexity index is 962. The van der Waals surface area contributed by atoms with Gasteiger partial charge in [-0.05, 0) is 56.2 Å². The second-order valence-electron chi connectivity index (χ2n) is 6.62. The molecule has 0 aliphatic heterocycles. The van der Waals surface area contributed by atoms with Gasteiger partial charge in [-0.15, -0.1) is 0 Å². The summed E-state index contributed by atoms with van der Waals surface area (Å²) in [4.78, 5) is 12.3. The minimum atomic E-state index is -0.0638. The summed E-state index contributed by atoms with van der Waals surface area (Å²) in [6, 6.07) is 15.5. The zero-order valence-corrected chi connectivity index (χ0v) is 16.7. The van der Waals surface area contributed by atoms with Gasteiger partial charge in [0.1, 0.15) is 11.5 Å². The van der Waals surface area contributed by atoms with Gasteiger partial charge in [0.05, 0.1) is 31.3 Å². The van der Waals surface area contributed by atoms with Gasteiger partial charge in [-0.3, -0.25) is 4.79 Å². The number of methoxy groups -OCH3 is 2. The maximum atomic E-state index is 12.3. The standard InChI is InChI=1S/C22H25N3O3/c1-15-13-16(2)25(24-15)18-8-5-17(6-9-18)7-12-22(26)23-20-11-10-19(27-3)14-21(20)28-4/h5-6,8-11,13-14H,7,12H2,1-4H3,(H,23,26). The molecule has 6 nitrogen and oxygen atoms in total. The Labute approximate surface area is 165 Å². The Hall–Kier alpha value is -3.28. The Morgan fingerprint density at radius 1 is 1.04 bits per heavy atom. The average molecular weight is 379 g/mol. The lowest BCUT2D eigenvalue weighted by Crippen LogP contribution is -2.13. The number of carbonyl (C=O) groups is 1. The third kappa shape index (κ3) is 4.52. The predicted molar refractivity (Wildman–Crippen MR) is 110 cm³/mol. The van der Waals surface area contributed by atoms with E-state index in [4.69, 9.17) is 9.47 Å². The molecule has 1 amide bonds. The predicted octanol–water partition coefficient (Wildman–Crippen LogP) is 4.08. The summed E-state index contributed by atoms with van der Waals surface area (Å²) in [7, 11) is 3.15. The molecule has 6 heteroatoms. The third-order valence-electron chi connectivity index (χ3n) is 4.51. The van der Waals surface area contributed by atoms with E-state index in [1.165, 1.54) is 0 Å². The molecular weight excluding hydrogens is 354 g/mol. The molecule has 2 aromatic carbocycles. The second kappa shape index (κ2) is 8.61. The number of hydrogen-bond acceptors (Lipinski definition) is 4. The normalized spacial score (nSPS) is 10.6. The molecule has 1 heterocycles. The lowest BCUT2D eigenvalue weighted by atomic mass is 10.1. The Morgan fingerprint density at radius 3 is 2.39 bits per heavy atom. The molecule has 0 unspecified atom stereocenters. The van der Waals surface area contributed by atoms with Gasteiger partial charge in [0.2, 0.25) is 5.91 Å². The van der Waals surface area contributed by atoms with Crippen LogP contribution < -0.4 is 14.8 Å². The Kier molecular flexibility index (Phi) is 5.99. The fourth-order valence-electron chi connectivity index (χ4n) is 3.07. The monoisotopic (exact) mass is 379 g/mol. The molecule has 0 spiro atoms. The first-order chi connectivity index (χ1) is 13.5. The summed E-state index contributed by atoms with van der Waals surface area (Å²) >= 11 is 0. The molecule has 0 aliphatic rings. The molecule has 1 N–H and O–H groups in total. The lowest BCUT2D eigenvalue weighted by Gasteiger charge is -2.12. The van der Waals surface area contributed by atoms with Gasteiger partial charge in [0.15, 0.2) is 0 Å². The van der Waals surface area contributed by atoms with E-state index in [1.54, 1.807) is 32.4 Å². The topological polar surface area (TPSA) is 65.4 Å². The van der Waals surface area contributed by atoms with Crippen LogP contribution in [0.3, 0.4) is 0 Å². The largest absolute Gasteiger partial charge is 0.497 e. The van der Waals surface area contributed by atoms with Crippen molar-refractivity contribution in [2.45, 2.75) is 26.7 Å². The van der Waals surface area contributed by atoms with E-state index in [2.05, 4.69) is 10.4 Å². The highest BCUT2D eigenvalue weighted by molar-refractivity contribution is 5.92. The number of hydrogen-bond donors (Lipinski definition) is 1. The van der Waals surface area contributed by atoms with Crippen molar-refractivity contribution >= 4 is 11.6 Å². The van der Waals surface area contributed by atoms with Gasteiger partial charge in [0.25, 0.3) is 0 Å². The van der Waals surface area contributed by atoms with Crippen molar-refractivity contribution in [2.24, 2.45) is 0 Å². The van der Waals surface area contributed by atoms with Crippen LogP contribution in [0.4, 0.5) is 5.69 Å². The molecule has 0 aliphatic carbocycles. The second-order valence-corrected chi connectivity index (χ2v) is 6.62. The van der Waals surface area contributed by atoms with Crippen molar-refractivity contribution in [1.29, 1.82) is 0 Å². The van der Waals surface area contributed by atoms with Gasteiger partial charge in [-0.25, -0.2) is 4.68 Å². The van der Waals surface area contributed by atoms with E-state index in [0.717, 1.165) is 22.6 Å². The number of nitrogens with zero attached hydrogens (tertiary/aromatic N) is 2. The number of aromatic nitrogens is 2. The van der Waals surface area contributed by atoms with Crippen LogP contribution in [0.2, 0.25) is 0 Å². The van der Waals surface area contributed by atoms with Crippen LogP contribution in [0.5, 0.6) is 11.5 Å². The number of nitrogens with one attached hydrogen (secondary N) is 1. The van der Waals surface area contributed by atoms with Gasteiger partial charge < -0.3 is 14.8 Å². The van der Waals surface area contributed by atoms with Crippen molar-refractivity contribution < 1.29 is 14.3 Å². The number of amides is 1. The van der Waals surface area contributed by atoms with Crippen molar-refractivity contribution in [3.8, 4) is 17.2 Å². The lowest BCUT2D eigenvalue weighted by molar-refractivity contribution is -0.116. The fourth-order valence-corrected chi connectivity index (χ4v) is 3.07. The molecule has 3 rings (SSSR count). The number of benzene rings is 2. The molecule has 0 saturated heterocycles. The Morgan fingerprint density at radius 2 is 1.79 bits per heavy atom. The van der Waals surface area contributed by atoms with Crippen molar-refractivity contribution in [3.05, 3.63) is 65.5 Å². The molecule has 3 aromatic rings. The third-order valence-corrected chi connectivity index (χ3v) is 4.51. The van der Waals surface area contributed by atoms with E-state index in [9.17, 15) is 4.79 Å². The maximum Gasteiger partial charge on any atom is 0.224 e. The van der Waals surface area contributed by atoms with E-state index in [1.807, 2.05) is 48.9 Å². The van der Waals surface area contributed by atoms with Crippen LogP contribution in [0.1, 0.15) is 23.4 Å². The van der Waals surface area contributed by atoms with Crippen LogP contribution in [-0.2, 0) is 11.2 Å². The van der Waals surface area contributed by atoms with Gasteiger partial charge in [0, 0.05) is 18.2 Å². The number of aryl methyl sites for hydroxylation is 3. The molecule has 28 heavy (non-hydrogen) atoms. The van der Waals surface area contributed by atoms with Crippen molar-refractivity contribution in [1.82, 2.24) is 9.78 Å². The van der Waals surface area contributed by atoms with E-state index < -0.39 is 0 Å². The van der Waals surface area contributed by atoms with Crippen LogP contribution >= 0.6 is 0 Å². The first-order valence-corrected chi connectivity index (χ1v) is 9.14. The van der Waals surface area contributed by atoms with Crippen molar-refractivity contribution in [3.63, 3.8) is 0 Å². The quantitative estimate of drug-likeness (QED) is 0.672. The van der Waals surface area contributed by atoms with Crippen LogP contribution in [0.25, 0.3) is 5.69 Å². The van der Waals surface area contributed by atoms with Crippen molar-refractivity contribution in [2.75, 3.05) is 19.5 Å². The first kappa shape index (κ1) is 19.5. The molecule has 0 saturated carbocycles. The molecule has 146 valence electrons. The Balaban J connectivity index is 1.60. The first-order valence-electron chi connectivity index (χ1n) is 9.14.